The van der Waals surface area contributed by atoms with Gasteiger partial charge in [0, 0.05) is 6.04 Å². The van der Waals surface area contributed by atoms with Gasteiger partial charge in [-0.3, -0.25) is 4.79 Å². The molecule has 1 fully saturated rings. The molecule has 1 unspecified atom stereocenters. The third-order valence-corrected chi connectivity index (χ3v) is 2.97. The van der Waals surface area contributed by atoms with Gasteiger partial charge in [0.05, 0.1) is 12.0 Å². The molecule has 4 heteroatoms. The predicted octanol–water partition coefficient (Wildman–Crippen LogP) is 1.14. The van der Waals surface area contributed by atoms with Gasteiger partial charge >= 0.3 is 5.97 Å². The molecule has 86 valence electrons. The number of hydrogen-bond acceptors (Lipinski definition) is 3. The van der Waals surface area contributed by atoms with E-state index in [0.717, 1.165) is 24.0 Å². The smallest absolute Gasteiger partial charge is 0.305 e. The second-order valence-corrected chi connectivity index (χ2v) is 4.36. The van der Waals surface area contributed by atoms with Crippen LogP contribution in [0.3, 0.4) is 0 Å². The summed E-state index contributed by atoms with van der Waals surface area (Å²) in [5.74, 6) is -0.914. The van der Waals surface area contributed by atoms with Gasteiger partial charge in [-0.2, -0.15) is 0 Å². The van der Waals surface area contributed by atoms with Crippen molar-refractivity contribution in [2.24, 2.45) is 5.73 Å². The van der Waals surface area contributed by atoms with Crippen LogP contribution >= 0.6 is 0 Å². The van der Waals surface area contributed by atoms with Crippen LogP contribution in [0.25, 0.3) is 0 Å². The van der Waals surface area contributed by atoms with Crippen LogP contribution in [-0.2, 0) is 10.4 Å². The van der Waals surface area contributed by atoms with Crippen LogP contribution in [0.2, 0.25) is 0 Å². The molecular weight excluding hydrogens is 206 g/mol. The van der Waals surface area contributed by atoms with Crippen LogP contribution in [0.4, 0.5) is 0 Å². The molecule has 1 saturated carbocycles. The molecule has 0 saturated heterocycles. The summed E-state index contributed by atoms with van der Waals surface area (Å²) in [6, 6.07) is 6.75. The highest BCUT2D eigenvalue weighted by atomic mass is 16.4. The van der Waals surface area contributed by atoms with Crippen molar-refractivity contribution in [3.8, 4) is 0 Å². The highest BCUT2D eigenvalue weighted by Crippen LogP contribution is 2.45. The van der Waals surface area contributed by atoms with E-state index >= 15 is 0 Å². The Morgan fingerprint density at radius 2 is 2.19 bits per heavy atom. The molecule has 0 radical (unpaired) electrons. The van der Waals surface area contributed by atoms with E-state index in [1.807, 2.05) is 12.1 Å². The number of aliphatic carboxylic acids is 1. The van der Waals surface area contributed by atoms with E-state index in [2.05, 4.69) is 0 Å². The van der Waals surface area contributed by atoms with Gasteiger partial charge in [0.2, 0.25) is 0 Å². The first-order valence-electron chi connectivity index (χ1n) is 5.31. The lowest BCUT2D eigenvalue weighted by molar-refractivity contribution is -0.137. The van der Waals surface area contributed by atoms with Gasteiger partial charge in [-0.25, -0.2) is 0 Å². The van der Waals surface area contributed by atoms with Crippen molar-refractivity contribution in [1.29, 1.82) is 0 Å². The van der Waals surface area contributed by atoms with E-state index in [1.165, 1.54) is 0 Å². The number of nitrogens with two attached hydrogens (primary N) is 1. The fourth-order valence-corrected chi connectivity index (χ4v) is 1.77. The first-order valence-corrected chi connectivity index (χ1v) is 5.31. The van der Waals surface area contributed by atoms with Crippen molar-refractivity contribution in [1.82, 2.24) is 0 Å². The second kappa shape index (κ2) is 3.88. The van der Waals surface area contributed by atoms with Crippen LogP contribution < -0.4 is 5.73 Å². The van der Waals surface area contributed by atoms with Gasteiger partial charge in [-0.15, -0.1) is 0 Å². The maximum absolute atomic E-state index is 10.5. The maximum Gasteiger partial charge on any atom is 0.305 e. The number of aliphatic hydroxyl groups is 1. The van der Waals surface area contributed by atoms with Crippen LogP contribution in [0.15, 0.2) is 24.3 Å². The normalized spacial score (nSPS) is 19.1. The average molecular weight is 221 g/mol. The molecule has 0 bridgehead atoms. The number of carbonyl (C=O) groups is 1. The summed E-state index contributed by atoms with van der Waals surface area (Å²) in [7, 11) is 0. The Morgan fingerprint density at radius 1 is 1.50 bits per heavy atom. The molecule has 0 aliphatic heterocycles. The summed E-state index contributed by atoms with van der Waals surface area (Å²) in [6.07, 6.45) is 1.44. The molecule has 0 spiro atoms. The SMILES string of the molecule is NC(CC(=O)O)c1cccc(C2(O)CC2)c1. The van der Waals surface area contributed by atoms with Crippen molar-refractivity contribution < 1.29 is 15.0 Å². The van der Waals surface area contributed by atoms with Crippen LogP contribution in [0.1, 0.15) is 36.4 Å². The van der Waals surface area contributed by atoms with E-state index in [9.17, 15) is 9.90 Å². The highest BCUT2D eigenvalue weighted by molar-refractivity contribution is 5.67. The molecule has 16 heavy (non-hydrogen) atoms. The number of rotatable bonds is 4. The Morgan fingerprint density at radius 3 is 2.75 bits per heavy atom. The molecule has 0 aromatic heterocycles. The molecule has 2 rings (SSSR count). The molecule has 4 nitrogen and oxygen atoms in total. The Balaban J connectivity index is 2.18. The zero-order valence-corrected chi connectivity index (χ0v) is 8.89. The zero-order chi connectivity index (χ0) is 11.8. The molecule has 4 N–H and O–H groups in total. The monoisotopic (exact) mass is 221 g/mol. The number of hydrogen-bond donors (Lipinski definition) is 3. The fraction of sp³-hybridized carbons (Fsp3) is 0.417. The van der Waals surface area contributed by atoms with Crippen molar-refractivity contribution in [3.05, 3.63) is 35.4 Å². The standard InChI is InChI=1S/C12H15NO3/c13-10(7-11(14)15)8-2-1-3-9(6-8)12(16)4-5-12/h1-3,6,10,16H,4-5,7,13H2,(H,14,15). The van der Waals surface area contributed by atoms with Gasteiger partial charge in [-0.05, 0) is 24.0 Å². The third-order valence-electron chi connectivity index (χ3n) is 2.97. The van der Waals surface area contributed by atoms with Gasteiger partial charge in [0.15, 0.2) is 0 Å². The lowest BCUT2D eigenvalue weighted by atomic mass is 9.99. The van der Waals surface area contributed by atoms with E-state index in [0.29, 0.717) is 0 Å². The Labute approximate surface area is 93.7 Å². The minimum atomic E-state index is -0.914. The molecule has 1 aromatic carbocycles. The number of carboxylic acids is 1. The van der Waals surface area contributed by atoms with E-state index in [-0.39, 0.29) is 6.42 Å². The third kappa shape index (κ3) is 2.23. The van der Waals surface area contributed by atoms with Crippen LogP contribution in [0.5, 0.6) is 0 Å². The first-order chi connectivity index (χ1) is 7.51. The van der Waals surface area contributed by atoms with E-state index in [4.69, 9.17) is 10.8 Å². The average Bonchev–Trinajstić information content (AvgIpc) is 2.97. The first kappa shape index (κ1) is 11.1. The topological polar surface area (TPSA) is 83.6 Å². The van der Waals surface area contributed by atoms with Gasteiger partial charge in [0.1, 0.15) is 0 Å². The molecule has 0 amide bonds. The summed E-state index contributed by atoms with van der Waals surface area (Å²) in [5, 5.41) is 18.6. The Bertz CT molecular complexity index is 412. The Kier molecular flexibility index (Phi) is 2.69. The van der Waals surface area contributed by atoms with Crippen molar-refractivity contribution in [2.75, 3.05) is 0 Å². The van der Waals surface area contributed by atoms with Gasteiger partial charge < -0.3 is 15.9 Å². The largest absolute Gasteiger partial charge is 0.481 e. The highest BCUT2D eigenvalue weighted by Gasteiger charge is 2.42. The molecule has 1 aromatic rings. The molecule has 1 aliphatic carbocycles. The van der Waals surface area contributed by atoms with Crippen LogP contribution in [0, 0.1) is 0 Å². The van der Waals surface area contributed by atoms with Crippen LogP contribution in [-0.4, -0.2) is 16.2 Å². The summed E-state index contributed by atoms with van der Waals surface area (Å²) in [6.45, 7) is 0. The summed E-state index contributed by atoms with van der Waals surface area (Å²) >= 11 is 0. The lowest BCUT2D eigenvalue weighted by Crippen LogP contribution is -2.16. The van der Waals surface area contributed by atoms with Crippen molar-refractivity contribution in [3.63, 3.8) is 0 Å². The minimum Gasteiger partial charge on any atom is -0.481 e. The molecular formula is C12H15NO3. The quantitative estimate of drug-likeness (QED) is 0.712. The predicted molar refractivity (Wildman–Crippen MR) is 58.8 cm³/mol. The zero-order valence-electron chi connectivity index (χ0n) is 8.89. The number of benzene rings is 1. The fourth-order valence-electron chi connectivity index (χ4n) is 1.77. The Hall–Kier alpha value is -1.39. The molecule has 0 heterocycles. The summed E-state index contributed by atoms with van der Waals surface area (Å²) < 4.78 is 0. The van der Waals surface area contributed by atoms with E-state index in [1.54, 1.807) is 12.1 Å². The minimum absolute atomic E-state index is 0.0954. The van der Waals surface area contributed by atoms with E-state index < -0.39 is 17.6 Å². The molecule has 1 atom stereocenters. The maximum atomic E-state index is 10.5. The summed E-state index contributed by atoms with van der Waals surface area (Å²) in [4.78, 5) is 10.5. The van der Waals surface area contributed by atoms with Gasteiger partial charge in [0.25, 0.3) is 0 Å². The number of carboxylic acid groups (broad SMARTS) is 1. The second-order valence-electron chi connectivity index (χ2n) is 4.36. The molecule has 1 aliphatic rings. The summed E-state index contributed by atoms with van der Waals surface area (Å²) in [5.41, 5.74) is 6.67. The lowest BCUT2D eigenvalue weighted by Gasteiger charge is -2.13. The van der Waals surface area contributed by atoms with Crippen molar-refractivity contribution >= 4 is 5.97 Å². The van der Waals surface area contributed by atoms with Gasteiger partial charge in [-0.1, -0.05) is 24.3 Å². The van der Waals surface area contributed by atoms with Crippen molar-refractivity contribution in [2.45, 2.75) is 30.9 Å².